The molecule has 0 aliphatic carbocycles. The molecule has 0 fully saturated rings. The normalized spacial score (nSPS) is 13.1. The van der Waals surface area contributed by atoms with Gasteiger partial charge in [-0.2, -0.15) is 4.98 Å². The highest BCUT2D eigenvalue weighted by Gasteiger charge is 2.29. The Morgan fingerprint density at radius 2 is 1.75 bits per heavy atom. The third-order valence-corrected chi connectivity index (χ3v) is 2.86. The first-order valence-corrected chi connectivity index (χ1v) is 5.92. The Balaban J connectivity index is 2.86. The van der Waals surface area contributed by atoms with E-state index < -0.39 is 5.54 Å². The van der Waals surface area contributed by atoms with Crippen molar-refractivity contribution in [3.63, 3.8) is 0 Å². The first kappa shape index (κ1) is 13.2. The number of nitrogens with two attached hydrogens (primary N) is 1. The van der Waals surface area contributed by atoms with Gasteiger partial charge in [-0.1, -0.05) is 39.8 Å². The summed E-state index contributed by atoms with van der Waals surface area (Å²) in [4.78, 5) is 4.41. The molecule has 2 N–H and O–H groups in total. The minimum atomic E-state index is -0.445. The van der Waals surface area contributed by atoms with Crippen molar-refractivity contribution in [2.24, 2.45) is 11.1 Å². The molecule has 1 aromatic heterocycles. The fourth-order valence-electron chi connectivity index (χ4n) is 1.55. The van der Waals surface area contributed by atoms with E-state index in [1.807, 2.05) is 13.8 Å². The maximum Gasteiger partial charge on any atom is 0.227 e. The molecule has 0 saturated heterocycles. The number of nitrogens with zero attached hydrogens (tertiary/aromatic N) is 2. The molecule has 1 heterocycles. The molecule has 0 spiro atoms. The number of rotatable bonds is 4. The van der Waals surface area contributed by atoms with E-state index in [1.165, 1.54) is 0 Å². The van der Waals surface area contributed by atoms with Crippen LogP contribution in [0.25, 0.3) is 0 Å². The molecule has 1 aromatic rings. The molecule has 92 valence electrons. The summed E-state index contributed by atoms with van der Waals surface area (Å²) >= 11 is 0. The third-order valence-electron chi connectivity index (χ3n) is 2.86. The molecule has 0 saturated carbocycles. The van der Waals surface area contributed by atoms with E-state index >= 15 is 0 Å². The molecular weight excluding hydrogens is 202 g/mol. The van der Waals surface area contributed by atoms with E-state index in [0.29, 0.717) is 11.7 Å². The summed E-state index contributed by atoms with van der Waals surface area (Å²) in [5.41, 5.74) is 5.92. The van der Waals surface area contributed by atoms with E-state index in [4.69, 9.17) is 10.3 Å². The summed E-state index contributed by atoms with van der Waals surface area (Å²) in [6.07, 6.45) is 2.42. The highest BCUT2D eigenvalue weighted by molar-refractivity contribution is 5.03. The van der Waals surface area contributed by atoms with Crippen LogP contribution in [0, 0.1) is 5.41 Å². The Morgan fingerprint density at radius 3 is 2.19 bits per heavy atom. The molecule has 0 bridgehead atoms. The van der Waals surface area contributed by atoms with Crippen LogP contribution in [0.1, 0.15) is 59.2 Å². The maximum atomic E-state index is 6.21. The molecule has 0 aromatic carbocycles. The molecule has 4 heteroatoms. The van der Waals surface area contributed by atoms with Gasteiger partial charge in [0.2, 0.25) is 5.89 Å². The Labute approximate surface area is 97.6 Å². The molecule has 4 nitrogen and oxygen atoms in total. The molecular formula is C12H23N3O. The first-order valence-electron chi connectivity index (χ1n) is 5.92. The Bertz CT molecular complexity index is 334. The number of aromatic nitrogens is 2. The van der Waals surface area contributed by atoms with Gasteiger partial charge in [0.1, 0.15) is 0 Å². The summed E-state index contributed by atoms with van der Waals surface area (Å²) < 4.78 is 5.25. The molecule has 0 atom stereocenters. The SMILES string of the molecule is CCC(N)(CC)c1noc(CC(C)(C)C)n1. The van der Waals surface area contributed by atoms with Gasteiger partial charge in [-0.05, 0) is 18.3 Å². The van der Waals surface area contributed by atoms with Gasteiger partial charge >= 0.3 is 0 Å². The number of hydrogen-bond acceptors (Lipinski definition) is 4. The van der Waals surface area contributed by atoms with Gasteiger partial charge in [0.25, 0.3) is 0 Å². The van der Waals surface area contributed by atoms with E-state index in [9.17, 15) is 0 Å². The fourth-order valence-corrected chi connectivity index (χ4v) is 1.55. The highest BCUT2D eigenvalue weighted by Crippen LogP contribution is 2.25. The van der Waals surface area contributed by atoms with Gasteiger partial charge < -0.3 is 10.3 Å². The second kappa shape index (κ2) is 4.53. The van der Waals surface area contributed by atoms with Gasteiger partial charge in [-0.15, -0.1) is 0 Å². The lowest BCUT2D eigenvalue weighted by molar-refractivity contribution is 0.303. The smallest absolute Gasteiger partial charge is 0.227 e. The summed E-state index contributed by atoms with van der Waals surface area (Å²) in [5.74, 6) is 1.32. The van der Waals surface area contributed by atoms with Crippen molar-refractivity contribution in [1.29, 1.82) is 0 Å². The van der Waals surface area contributed by atoms with Gasteiger partial charge in [0.05, 0.1) is 5.54 Å². The molecule has 0 amide bonds. The van der Waals surface area contributed by atoms with Crippen molar-refractivity contribution in [2.45, 2.75) is 59.4 Å². The zero-order valence-corrected chi connectivity index (χ0v) is 11.0. The van der Waals surface area contributed by atoms with Crippen molar-refractivity contribution >= 4 is 0 Å². The van der Waals surface area contributed by atoms with E-state index in [0.717, 1.165) is 19.3 Å². The van der Waals surface area contributed by atoms with Crippen molar-refractivity contribution in [3.8, 4) is 0 Å². The van der Waals surface area contributed by atoms with Gasteiger partial charge in [-0.3, -0.25) is 0 Å². The Hall–Kier alpha value is -0.900. The van der Waals surface area contributed by atoms with Gasteiger partial charge in [0.15, 0.2) is 5.82 Å². The molecule has 0 aliphatic rings. The van der Waals surface area contributed by atoms with Crippen molar-refractivity contribution in [2.75, 3.05) is 0 Å². The van der Waals surface area contributed by atoms with Crippen LogP contribution in [0.2, 0.25) is 0 Å². The standard InChI is InChI=1S/C12H23N3O/c1-6-12(13,7-2)10-14-9(16-15-10)8-11(3,4)5/h6-8,13H2,1-5H3. The lowest BCUT2D eigenvalue weighted by Crippen LogP contribution is -2.36. The largest absolute Gasteiger partial charge is 0.339 e. The van der Waals surface area contributed by atoms with Crippen LogP contribution in [0.5, 0.6) is 0 Å². The minimum absolute atomic E-state index is 0.152. The molecule has 0 radical (unpaired) electrons. The molecule has 1 rings (SSSR count). The van der Waals surface area contributed by atoms with Crippen molar-refractivity contribution in [3.05, 3.63) is 11.7 Å². The quantitative estimate of drug-likeness (QED) is 0.855. The van der Waals surface area contributed by atoms with E-state index in [2.05, 4.69) is 30.9 Å². The molecule has 16 heavy (non-hydrogen) atoms. The minimum Gasteiger partial charge on any atom is -0.339 e. The molecule has 0 unspecified atom stereocenters. The van der Waals surface area contributed by atoms with Gasteiger partial charge in [-0.25, -0.2) is 0 Å². The Morgan fingerprint density at radius 1 is 1.19 bits per heavy atom. The summed E-state index contributed by atoms with van der Waals surface area (Å²) in [6, 6.07) is 0. The van der Waals surface area contributed by atoms with Crippen LogP contribution in [0.15, 0.2) is 4.52 Å². The predicted octanol–water partition coefficient (Wildman–Crippen LogP) is 2.63. The van der Waals surface area contributed by atoms with E-state index in [1.54, 1.807) is 0 Å². The lowest BCUT2D eigenvalue weighted by Gasteiger charge is -2.21. The zero-order valence-electron chi connectivity index (χ0n) is 11.0. The van der Waals surface area contributed by atoms with Crippen LogP contribution < -0.4 is 5.73 Å². The monoisotopic (exact) mass is 225 g/mol. The maximum absolute atomic E-state index is 6.21. The van der Waals surface area contributed by atoms with E-state index in [-0.39, 0.29) is 5.41 Å². The number of hydrogen-bond donors (Lipinski definition) is 1. The zero-order chi connectivity index (χ0) is 12.4. The second-order valence-corrected chi connectivity index (χ2v) is 5.61. The second-order valence-electron chi connectivity index (χ2n) is 5.61. The van der Waals surface area contributed by atoms with Gasteiger partial charge in [0, 0.05) is 6.42 Å². The highest BCUT2D eigenvalue weighted by atomic mass is 16.5. The van der Waals surface area contributed by atoms with Crippen LogP contribution in [-0.4, -0.2) is 10.1 Å². The summed E-state index contributed by atoms with van der Waals surface area (Å²) in [7, 11) is 0. The Kier molecular flexibility index (Phi) is 3.73. The topological polar surface area (TPSA) is 64.9 Å². The summed E-state index contributed by atoms with van der Waals surface area (Å²) in [6.45, 7) is 10.5. The summed E-state index contributed by atoms with van der Waals surface area (Å²) in [5, 5.41) is 4.00. The van der Waals surface area contributed by atoms with Crippen molar-refractivity contribution in [1.82, 2.24) is 10.1 Å². The van der Waals surface area contributed by atoms with Crippen molar-refractivity contribution < 1.29 is 4.52 Å². The molecule has 0 aliphatic heterocycles. The average molecular weight is 225 g/mol. The average Bonchev–Trinajstić information content (AvgIpc) is 2.63. The fraction of sp³-hybridized carbons (Fsp3) is 0.833. The lowest BCUT2D eigenvalue weighted by atomic mass is 9.92. The van der Waals surface area contributed by atoms with Crippen LogP contribution in [0.3, 0.4) is 0 Å². The predicted molar refractivity (Wildman–Crippen MR) is 63.9 cm³/mol. The third kappa shape index (κ3) is 3.04. The van der Waals surface area contributed by atoms with Crippen LogP contribution in [-0.2, 0) is 12.0 Å². The van der Waals surface area contributed by atoms with Crippen LogP contribution >= 0.6 is 0 Å². The first-order chi connectivity index (χ1) is 7.30. The van der Waals surface area contributed by atoms with Crippen LogP contribution in [0.4, 0.5) is 0 Å².